The Morgan fingerprint density at radius 2 is 2.22 bits per heavy atom. The number of rotatable bonds is 4. The van der Waals surface area contributed by atoms with Gasteiger partial charge in [-0.15, -0.1) is 16.7 Å². The first-order chi connectivity index (χ1) is 8.58. The number of para-hydroxylation sites is 1. The molecule has 0 bridgehead atoms. The molecular weight excluding hydrogens is 256 g/mol. The number of nitrogens with zero attached hydrogens (tertiary/aromatic N) is 4. The molecule has 0 saturated heterocycles. The van der Waals surface area contributed by atoms with Crippen molar-refractivity contribution < 1.29 is 4.92 Å². The summed E-state index contributed by atoms with van der Waals surface area (Å²) in [5.74, 6) is 0. The standard InChI is InChI=1S/C11H11ClN4O2/c1-8(12)10-7-15(14-13-10)6-9-4-2-3-5-11(9)16(17)18/h2-5,7-8H,6H2,1H3. The van der Waals surface area contributed by atoms with Crippen molar-refractivity contribution in [2.45, 2.75) is 18.8 Å². The van der Waals surface area contributed by atoms with Crippen molar-refractivity contribution in [2.24, 2.45) is 0 Å². The minimum Gasteiger partial charge on any atom is -0.258 e. The minimum atomic E-state index is -0.405. The Morgan fingerprint density at radius 1 is 1.50 bits per heavy atom. The van der Waals surface area contributed by atoms with Crippen LogP contribution in [0.15, 0.2) is 30.5 Å². The number of benzene rings is 1. The second-order valence-electron chi connectivity index (χ2n) is 3.84. The number of nitro groups is 1. The van der Waals surface area contributed by atoms with Gasteiger partial charge in [-0.05, 0) is 6.92 Å². The topological polar surface area (TPSA) is 73.8 Å². The molecule has 0 N–H and O–H groups in total. The van der Waals surface area contributed by atoms with Crippen LogP contribution in [0.3, 0.4) is 0 Å². The third kappa shape index (κ3) is 2.65. The van der Waals surface area contributed by atoms with Crippen LogP contribution in [0.4, 0.5) is 5.69 Å². The van der Waals surface area contributed by atoms with E-state index in [0.29, 0.717) is 17.8 Å². The molecule has 0 aliphatic heterocycles. The Balaban J connectivity index is 2.25. The molecule has 0 fully saturated rings. The van der Waals surface area contributed by atoms with Crippen molar-refractivity contribution >= 4 is 17.3 Å². The van der Waals surface area contributed by atoms with E-state index in [1.54, 1.807) is 31.3 Å². The first-order valence-corrected chi connectivity index (χ1v) is 5.78. The fourth-order valence-corrected chi connectivity index (χ4v) is 1.67. The summed E-state index contributed by atoms with van der Waals surface area (Å²) in [5, 5.41) is 18.4. The zero-order chi connectivity index (χ0) is 13.1. The SMILES string of the molecule is CC(Cl)c1cn(Cc2ccccc2[N+](=O)[O-])nn1. The lowest BCUT2D eigenvalue weighted by Gasteiger charge is -2.02. The highest BCUT2D eigenvalue weighted by Crippen LogP contribution is 2.20. The highest BCUT2D eigenvalue weighted by Gasteiger charge is 2.14. The smallest absolute Gasteiger partial charge is 0.258 e. The zero-order valence-electron chi connectivity index (χ0n) is 9.65. The van der Waals surface area contributed by atoms with Crippen LogP contribution in [0.1, 0.15) is 23.6 Å². The van der Waals surface area contributed by atoms with Gasteiger partial charge in [-0.1, -0.05) is 23.4 Å². The number of alkyl halides is 1. The molecule has 1 aromatic carbocycles. The molecule has 0 saturated carbocycles. The summed E-state index contributed by atoms with van der Waals surface area (Å²) in [6, 6.07) is 6.56. The molecule has 0 aliphatic carbocycles. The lowest BCUT2D eigenvalue weighted by molar-refractivity contribution is -0.385. The van der Waals surface area contributed by atoms with E-state index in [0.717, 1.165) is 0 Å². The Labute approximate surface area is 108 Å². The molecule has 7 heteroatoms. The molecule has 0 aliphatic rings. The average Bonchev–Trinajstić information content (AvgIpc) is 2.78. The van der Waals surface area contributed by atoms with Crippen LogP contribution in [0.25, 0.3) is 0 Å². The van der Waals surface area contributed by atoms with E-state index >= 15 is 0 Å². The number of nitro benzene ring substituents is 1. The van der Waals surface area contributed by atoms with Gasteiger partial charge in [0.05, 0.1) is 28.6 Å². The van der Waals surface area contributed by atoms with E-state index in [2.05, 4.69) is 10.3 Å². The van der Waals surface area contributed by atoms with Gasteiger partial charge in [0.15, 0.2) is 0 Å². The van der Waals surface area contributed by atoms with E-state index in [1.165, 1.54) is 10.7 Å². The summed E-state index contributed by atoms with van der Waals surface area (Å²) >= 11 is 5.88. The van der Waals surface area contributed by atoms with E-state index in [1.807, 2.05) is 0 Å². The van der Waals surface area contributed by atoms with Crippen LogP contribution in [0.2, 0.25) is 0 Å². The first kappa shape index (κ1) is 12.5. The predicted molar refractivity (Wildman–Crippen MR) is 66.5 cm³/mol. The number of hydrogen-bond acceptors (Lipinski definition) is 4. The Kier molecular flexibility index (Phi) is 3.57. The Hall–Kier alpha value is -1.95. The van der Waals surface area contributed by atoms with Crippen LogP contribution >= 0.6 is 11.6 Å². The summed E-state index contributed by atoms with van der Waals surface area (Å²) in [7, 11) is 0. The third-order valence-corrected chi connectivity index (χ3v) is 2.71. The molecule has 1 heterocycles. The van der Waals surface area contributed by atoms with Crippen LogP contribution in [0, 0.1) is 10.1 Å². The van der Waals surface area contributed by atoms with Crippen molar-refractivity contribution in [3.63, 3.8) is 0 Å². The normalized spacial score (nSPS) is 12.3. The lowest BCUT2D eigenvalue weighted by atomic mass is 10.2. The monoisotopic (exact) mass is 266 g/mol. The van der Waals surface area contributed by atoms with Gasteiger partial charge < -0.3 is 0 Å². The Bertz CT molecular complexity index is 568. The summed E-state index contributed by atoms with van der Waals surface area (Å²) < 4.78 is 1.54. The highest BCUT2D eigenvalue weighted by atomic mass is 35.5. The van der Waals surface area contributed by atoms with Gasteiger partial charge in [0.25, 0.3) is 5.69 Å². The van der Waals surface area contributed by atoms with E-state index in [-0.39, 0.29) is 11.1 Å². The molecule has 2 rings (SSSR count). The molecule has 1 atom stereocenters. The minimum absolute atomic E-state index is 0.0773. The van der Waals surface area contributed by atoms with Crippen molar-refractivity contribution in [3.05, 3.63) is 51.8 Å². The molecule has 94 valence electrons. The number of hydrogen-bond donors (Lipinski definition) is 0. The maximum Gasteiger partial charge on any atom is 0.274 e. The van der Waals surface area contributed by atoms with Gasteiger partial charge in [-0.3, -0.25) is 10.1 Å². The van der Waals surface area contributed by atoms with Gasteiger partial charge >= 0.3 is 0 Å². The molecule has 18 heavy (non-hydrogen) atoms. The fourth-order valence-electron chi connectivity index (χ4n) is 1.57. The molecule has 0 amide bonds. The highest BCUT2D eigenvalue weighted by molar-refractivity contribution is 6.20. The van der Waals surface area contributed by atoms with Crippen LogP contribution in [-0.2, 0) is 6.54 Å². The van der Waals surface area contributed by atoms with E-state index in [9.17, 15) is 10.1 Å². The maximum absolute atomic E-state index is 10.9. The zero-order valence-corrected chi connectivity index (χ0v) is 10.4. The summed E-state index contributed by atoms with van der Waals surface area (Å²) in [5.41, 5.74) is 1.31. The van der Waals surface area contributed by atoms with E-state index in [4.69, 9.17) is 11.6 Å². The van der Waals surface area contributed by atoms with Gasteiger partial charge in [0.1, 0.15) is 5.69 Å². The van der Waals surface area contributed by atoms with Crippen LogP contribution in [0.5, 0.6) is 0 Å². The van der Waals surface area contributed by atoms with Gasteiger partial charge in [-0.2, -0.15) is 0 Å². The molecule has 2 aromatic rings. The molecule has 1 unspecified atom stereocenters. The number of aromatic nitrogens is 3. The fraction of sp³-hybridized carbons (Fsp3) is 0.273. The molecule has 0 spiro atoms. The van der Waals surface area contributed by atoms with Crippen molar-refractivity contribution in [3.8, 4) is 0 Å². The molecule has 1 aromatic heterocycles. The van der Waals surface area contributed by atoms with Gasteiger partial charge in [-0.25, -0.2) is 4.68 Å². The third-order valence-electron chi connectivity index (χ3n) is 2.48. The lowest BCUT2D eigenvalue weighted by Crippen LogP contribution is -2.03. The molecule has 6 nitrogen and oxygen atoms in total. The summed E-state index contributed by atoms with van der Waals surface area (Å²) in [6.45, 7) is 2.09. The number of halogens is 1. The molecule has 0 radical (unpaired) electrons. The van der Waals surface area contributed by atoms with Crippen molar-refractivity contribution in [2.75, 3.05) is 0 Å². The largest absolute Gasteiger partial charge is 0.274 e. The van der Waals surface area contributed by atoms with E-state index < -0.39 is 4.92 Å². The second-order valence-corrected chi connectivity index (χ2v) is 4.50. The van der Waals surface area contributed by atoms with Crippen LogP contribution < -0.4 is 0 Å². The maximum atomic E-state index is 10.9. The van der Waals surface area contributed by atoms with Crippen molar-refractivity contribution in [1.82, 2.24) is 15.0 Å². The summed E-state index contributed by atoms with van der Waals surface area (Å²) in [6.07, 6.45) is 1.69. The quantitative estimate of drug-likeness (QED) is 0.484. The van der Waals surface area contributed by atoms with Crippen LogP contribution in [-0.4, -0.2) is 19.9 Å². The average molecular weight is 267 g/mol. The van der Waals surface area contributed by atoms with Gasteiger partial charge in [0, 0.05) is 6.07 Å². The molecular formula is C11H11ClN4O2. The van der Waals surface area contributed by atoms with Gasteiger partial charge in [0.2, 0.25) is 0 Å². The first-order valence-electron chi connectivity index (χ1n) is 5.34. The predicted octanol–water partition coefficient (Wildman–Crippen LogP) is 2.53. The summed E-state index contributed by atoms with van der Waals surface area (Å²) in [4.78, 5) is 10.5. The Morgan fingerprint density at radius 3 is 2.83 bits per heavy atom. The second kappa shape index (κ2) is 5.14. The van der Waals surface area contributed by atoms with Crippen molar-refractivity contribution in [1.29, 1.82) is 0 Å².